The molecule has 13 heterocycles. The van der Waals surface area contributed by atoms with Gasteiger partial charge in [-0.2, -0.15) is 37.3 Å². The van der Waals surface area contributed by atoms with E-state index in [0.717, 1.165) is 41.5 Å². The molecule has 0 unspecified atom stereocenters. The third kappa shape index (κ3) is 27.4. The molecule has 2 aliphatic heterocycles. The monoisotopic (exact) mass is 1610 g/mol. The van der Waals surface area contributed by atoms with Crippen LogP contribution in [-0.2, 0) is 39.9 Å². The van der Waals surface area contributed by atoms with Crippen LogP contribution in [0.25, 0.3) is 45.6 Å². The largest absolute Gasteiger partial charge is 0.478 e. The number of aromatic nitrogens is 22. The van der Waals surface area contributed by atoms with Gasteiger partial charge in [0.25, 0.3) is 0 Å². The van der Waals surface area contributed by atoms with E-state index in [0.29, 0.717) is 143 Å². The van der Waals surface area contributed by atoms with E-state index < -0.39 is 20.2 Å². The molecule has 42 heteroatoms. The highest BCUT2D eigenvalue weighted by Gasteiger charge is 2.34. The number of nitrogens with two attached hydrogens (primary N) is 4. The number of hydrogen-bond donors (Lipinski definition) is 6. The lowest BCUT2D eigenvalue weighted by molar-refractivity contribution is 0.170. The van der Waals surface area contributed by atoms with Crippen LogP contribution in [0.1, 0.15) is 99.5 Å². The molecule has 0 spiro atoms. The van der Waals surface area contributed by atoms with Crippen molar-refractivity contribution in [1.29, 1.82) is 0 Å². The maximum absolute atomic E-state index is 11.8. The van der Waals surface area contributed by atoms with Crippen LogP contribution in [0.4, 0.5) is 23.0 Å². The summed E-state index contributed by atoms with van der Waals surface area (Å²) in [6, 6.07) is 24.2. The first-order valence-electron chi connectivity index (χ1n) is 34.6. The molecule has 2 saturated heterocycles. The Hall–Kier alpha value is -10.8. The first-order valence-corrected chi connectivity index (χ1v) is 38.8. The summed E-state index contributed by atoms with van der Waals surface area (Å²) in [4.78, 5) is 36.4. The summed E-state index contributed by atoms with van der Waals surface area (Å²) < 4.78 is 62.1. The SMILES string of the molecule is CCCC(C)(C)CCOc1ccc(-c2nnn(CC)n2)cn1.CCn1nnc(-c2ccc(Cl)nc2)n1.CCn1nnc(-c2ccc(OCCC(C)(C)CCO)nc2)n1.CN1CCN(c2ccnc(N)c2)S1(=O)=O.Clc1ccc(-c2ncn[nH]2)cn1.NN=C(N)c1ccc(Cl)nc1.Nc1cc(N2CCCS2(=O)=O)ccn1. The van der Waals surface area contributed by atoms with Crippen molar-refractivity contribution in [3.05, 3.63) is 156 Å². The third-order valence-corrected chi connectivity index (χ3v) is 20.5. The van der Waals surface area contributed by atoms with Gasteiger partial charge >= 0.3 is 10.2 Å². The Morgan fingerprint density at radius 2 is 1.02 bits per heavy atom. The van der Waals surface area contributed by atoms with Crippen LogP contribution >= 0.6 is 34.8 Å². The number of halogens is 3. The Morgan fingerprint density at radius 1 is 0.564 bits per heavy atom. The lowest BCUT2D eigenvalue weighted by Gasteiger charge is -2.23. The lowest BCUT2D eigenvalue weighted by Crippen LogP contribution is -2.30. The molecule has 0 atom stereocenters. The van der Waals surface area contributed by atoms with Crippen molar-refractivity contribution < 1.29 is 31.4 Å². The number of tetrazole rings is 3. The van der Waals surface area contributed by atoms with E-state index in [1.807, 2.05) is 51.1 Å². The fraction of sp³-hybridized carbons (Fsp3) is 0.397. The summed E-state index contributed by atoms with van der Waals surface area (Å²) in [6.45, 7) is 21.9. The van der Waals surface area contributed by atoms with Gasteiger partial charge in [0.1, 0.15) is 33.4 Å². The minimum absolute atomic E-state index is 0.0667. The average Bonchev–Trinajstić information content (AvgIpc) is 1.64. The highest BCUT2D eigenvalue weighted by molar-refractivity contribution is 7.93. The van der Waals surface area contributed by atoms with Crippen LogP contribution in [0.5, 0.6) is 11.8 Å². The molecule has 0 radical (unpaired) electrons. The van der Waals surface area contributed by atoms with Crippen LogP contribution in [0.15, 0.2) is 140 Å². The Morgan fingerprint density at radius 3 is 1.37 bits per heavy atom. The van der Waals surface area contributed by atoms with Crippen molar-refractivity contribution in [2.24, 2.45) is 27.5 Å². The molecule has 0 bridgehead atoms. The number of nitrogens with one attached hydrogen (secondary N) is 1. The normalized spacial score (nSPS) is 13.6. The van der Waals surface area contributed by atoms with E-state index in [2.05, 4.69) is 136 Å². The number of aryl methyl sites for hydroxylation is 3. The number of likely N-dealkylation sites (N-methyl/N-ethyl adjacent to an activating group) is 1. The van der Waals surface area contributed by atoms with Crippen molar-refractivity contribution in [3.63, 3.8) is 0 Å². The third-order valence-electron chi connectivity index (χ3n) is 16.0. The molecule has 11 aromatic heterocycles. The van der Waals surface area contributed by atoms with Crippen molar-refractivity contribution in [1.82, 2.24) is 115 Å². The van der Waals surface area contributed by atoms with E-state index in [1.165, 1.54) is 60.3 Å². The molecule has 588 valence electrons. The number of hydrazone groups is 1. The molecule has 110 heavy (non-hydrogen) atoms. The molecule has 37 nitrogen and oxygen atoms in total. The maximum Gasteiger partial charge on any atom is 0.303 e. The second-order valence-electron chi connectivity index (χ2n) is 25.4. The van der Waals surface area contributed by atoms with Crippen LogP contribution in [0.2, 0.25) is 15.5 Å². The van der Waals surface area contributed by atoms with Crippen molar-refractivity contribution in [3.8, 4) is 57.3 Å². The summed E-state index contributed by atoms with van der Waals surface area (Å²) >= 11 is 16.8. The van der Waals surface area contributed by atoms with Gasteiger partial charge in [0.2, 0.25) is 39.3 Å². The van der Waals surface area contributed by atoms with Crippen molar-refractivity contribution in [2.45, 2.75) is 114 Å². The van der Waals surface area contributed by atoms with Crippen LogP contribution < -0.4 is 41.1 Å². The van der Waals surface area contributed by atoms with Crippen LogP contribution in [-0.4, -0.2) is 195 Å². The molecular weight excluding hydrogens is 1520 g/mol. The summed E-state index contributed by atoms with van der Waals surface area (Å²) in [5.41, 5.74) is 21.9. The predicted molar refractivity (Wildman–Crippen MR) is 420 cm³/mol. The van der Waals surface area contributed by atoms with Gasteiger partial charge in [0.05, 0.1) is 50.0 Å². The fourth-order valence-electron chi connectivity index (χ4n) is 9.74. The van der Waals surface area contributed by atoms with E-state index >= 15 is 0 Å². The number of aromatic amines is 1. The van der Waals surface area contributed by atoms with Gasteiger partial charge in [-0.15, -0.1) is 30.6 Å². The lowest BCUT2D eigenvalue weighted by atomic mass is 9.85. The molecule has 0 aromatic carbocycles. The Kier molecular flexibility index (Phi) is 33.2. The van der Waals surface area contributed by atoms with Crippen molar-refractivity contribution in [2.75, 3.05) is 72.3 Å². The van der Waals surface area contributed by atoms with Gasteiger partial charge in [0, 0.05) is 129 Å². The first-order chi connectivity index (χ1) is 52.6. The van der Waals surface area contributed by atoms with Gasteiger partial charge in [-0.1, -0.05) is 75.8 Å². The number of aliphatic hydroxyl groups is 1. The fourth-order valence-corrected chi connectivity index (χ4v) is 13.0. The molecule has 0 saturated carbocycles. The number of nitrogen functional groups attached to an aromatic ring is 2. The highest BCUT2D eigenvalue weighted by atomic mass is 35.5. The number of H-pyrrole nitrogens is 1. The highest BCUT2D eigenvalue weighted by Crippen LogP contribution is 2.30. The van der Waals surface area contributed by atoms with E-state index in [-0.39, 0.29) is 23.6 Å². The van der Waals surface area contributed by atoms with Gasteiger partial charge in [-0.25, -0.2) is 48.3 Å². The summed E-state index contributed by atoms with van der Waals surface area (Å²) in [6.07, 6.45) is 18.4. The minimum Gasteiger partial charge on any atom is -0.478 e. The number of amidine groups is 1. The van der Waals surface area contributed by atoms with Gasteiger partial charge in [-0.3, -0.25) is 13.7 Å². The Bertz CT molecular complexity index is 4710. The van der Waals surface area contributed by atoms with Gasteiger partial charge in [0.15, 0.2) is 11.7 Å². The molecule has 0 aliphatic carbocycles. The number of nitrogens with zero attached hydrogens (tertiary/aromatic N) is 25. The number of ether oxygens (including phenoxy) is 2. The van der Waals surface area contributed by atoms with Gasteiger partial charge in [-0.05, 0) is 140 Å². The smallest absolute Gasteiger partial charge is 0.303 e. The second kappa shape index (κ2) is 42.2. The molecule has 0 amide bonds. The molecule has 2 fully saturated rings. The number of pyridine rings is 7. The Labute approximate surface area is 652 Å². The van der Waals surface area contributed by atoms with E-state index in [1.54, 1.807) is 91.2 Å². The zero-order valence-electron chi connectivity index (χ0n) is 62.4. The number of hydrogen-bond acceptors (Lipinski definition) is 29. The summed E-state index contributed by atoms with van der Waals surface area (Å²) in [5, 5.41) is 56.3. The molecule has 13 rings (SSSR count). The van der Waals surface area contributed by atoms with Gasteiger partial charge < -0.3 is 37.6 Å². The van der Waals surface area contributed by atoms with Crippen LogP contribution in [0.3, 0.4) is 0 Å². The molecule has 2 aliphatic rings. The number of anilines is 4. The Balaban J connectivity index is 0.000000181. The predicted octanol–water partition coefficient (Wildman–Crippen LogP) is 8.39. The molecule has 10 N–H and O–H groups in total. The van der Waals surface area contributed by atoms with Crippen LogP contribution in [0, 0.1) is 10.8 Å². The summed E-state index contributed by atoms with van der Waals surface area (Å²) in [5.74, 6) is 9.68. The van der Waals surface area contributed by atoms with E-state index in [4.69, 9.17) is 72.4 Å². The number of rotatable bonds is 22. The zero-order valence-corrected chi connectivity index (χ0v) is 66.3. The maximum atomic E-state index is 11.8. The topological polar surface area (TPSA) is 496 Å². The average molecular weight is 1610 g/mol. The zero-order chi connectivity index (χ0) is 79.9. The molecule has 11 aromatic rings. The first kappa shape index (κ1) is 86.4. The number of sulfonamides is 1. The van der Waals surface area contributed by atoms with E-state index in [9.17, 15) is 16.8 Å². The summed E-state index contributed by atoms with van der Waals surface area (Å²) in [7, 11) is -4.90. The minimum atomic E-state index is -3.35. The quantitative estimate of drug-likeness (QED) is 0.0122. The second-order valence-corrected chi connectivity index (χ2v) is 30.5. The standard InChI is InChI=1S/C16H25N5O.C15H23N5O2.C8H8ClN5.C8H12N4O2S.C8H11N3O2S.C7H5ClN4.C6H7ClN4/c1-5-9-16(3,4)10-11-22-14-8-7-13(12-17-14)15-18-20-21(6-2)19-15;1-4-20-18-14(17-19-20)12-5-6-13(16-11-12)22-10-8-15(2,3)7-9-21;1-2-14-12-8(11-13-14)6-3-4-7(9)10-5-6;1-11-4-5-12(15(11,13)14)7-2-3-10-8(9)6-7;9-8-6-7(2-3-10-8)11-4-1-5-14(11,12)13;8-6-2-1-5(3-9-6)7-10-4-11-12-7;7-5-2-1-4(3-10-5)6(8)11-9/h7-8,12H,5-6,9-11H2,1-4H3;5-6,11,21H,4,7-10H2,1-3H3;3-5H,2H2,1H3;2-3,6H,4-5H2,1H3,(H2,9,10);2-3,6H,1,4-5H2,(H2,9,10);1-4H,(H,10,11,12);1-3H,9H2,(H2,8,11). The molecular formula is C68H91Cl3N30O7S2. The van der Waals surface area contributed by atoms with Crippen molar-refractivity contribution >= 4 is 83.9 Å². The number of aliphatic hydroxyl groups excluding tert-OH is 1.